The van der Waals surface area contributed by atoms with Crippen LogP contribution in [0.3, 0.4) is 0 Å². The van der Waals surface area contributed by atoms with Gasteiger partial charge in [0.05, 0.1) is 6.61 Å². The van der Waals surface area contributed by atoms with E-state index in [1.807, 2.05) is 0 Å². The monoisotopic (exact) mass is 224 g/mol. The summed E-state index contributed by atoms with van der Waals surface area (Å²) in [6.07, 6.45) is 4.70. The SMILES string of the molecule is C=CCC1(CCOC(C)=O)C(=O)CCC1C. The predicted molar refractivity (Wildman–Crippen MR) is 61.9 cm³/mol. The molecule has 0 N–H and O–H groups in total. The van der Waals surface area contributed by atoms with Crippen LogP contribution in [0.15, 0.2) is 12.7 Å². The number of carbonyl (C=O) groups is 2. The zero-order chi connectivity index (χ0) is 12.2. The fourth-order valence-corrected chi connectivity index (χ4v) is 2.59. The van der Waals surface area contributed by atoms with E-state index in [-0.39, 0.29) is 11.4 Å². The molecule has 0 aromatic carbocycles. The number of ketones is 1. The molecule has 0 aromatic heterocycles. The molecule has 1 aliphatic carbocycles. The van der Waals surface area contributed by atoms with Crippen molar-refractivity contribution in [3.63, 3.8) is 0 Å². The Hall–Kier alpha value is -1.12. The average molecular weight is 224 g/mol. The number of Topliss-reactive ketones (excluding diaryl/α,β-unsaturated/α-hetero) is 1. The Morgan fingerprint density at radius 2 is 2.38 bits per heavy atom. The summed E-state index contributed by atoms with van der Waals surface area (Å²) in [6, 6.07) is 0. The largest absolute Gasteiger partial charge is 0.466 e. The lowest BCUT2D eigenvalue weighted by Gasteiger charge is -2.30. The minimum absolute atomic E-state index is 0.285. The lowest BCUT2D eigenvalue weighted by Crippen LogP contribution is -2.32. The first-order chi connectivity index (χ1) is 7.53. The molecule has 1 fully saturated rings. The van der Waals surface area contributed by atoms with Gasteiger partial charge in [-0.1, -0.05) is 13.0 Å². The first-order valence-electron chi connectivity index (χ1n) is 5.80. The minimum atomic E-state index is -0.336. The number of hydrogen-bond donors (Lipinski definition) is 0. The maximum absolute atomic E-state index is 12.0. The molecular formula is C13H20O3. The highest BCUT2D eigenvalue weighted by Crippen LogP contribution is 2.46. The van der Waals surface area contributed by atoms with E-state index in [0.29, 0.717) is 37.6 Å². The third-order valence-electron chi connectivity index (χ3n) is 3.67. The number of carbonyl (C=O) groups excluding carboxylic acids is 2. The van der Waals surface area contributed by atoms with Gasteiger partial charge in [-0.2, -0.15) is 0 Å². The van der Waals surface area contributed by atoms with Gasteiger partial charge in [0.2, 0.25) is 0 Å². The van der Waals surface area contributed by atoms with Crippen LogP contribution in [0.5, 0.6) is 0 Å². The van der Waals surface area contributed by atoms with E-state index >= 15 is 0 Å². The molecule has 0 heterocycles. The molecule has 0 saturated heterocycles. The third-order valence-corrected chi connectivity index (χ3v) is 3.67. The van der Waals surface area contributed by atoms with Gasteiger partial charge in [0.1, 0.15) is 5.78 Å². The van der Waals surface area contributed by atoms with Crippen LogP contribution < -0.4 is 0 Å². The molecule has 0 radical (unpaired) electrons. The van der Waals surface area contributed by atoms with Crippen LogP contribution in [0.4, 0.5) is 0 Å². The standard InChI is InChI=1S/C13H20O3/c1-4-7-13(8-9-16-11(3)14)10(2)5-6-12(13)15/h4,10H,1,5-9H2,2-3H3. The van der Waals surface area contributed by atoms with Crippen LogP contribution >= 0.6 is 0 Å². The van der Waals surface area contributed by atoms with Crippen LogP contribution in [-0.2, 0) is 14.3 Å². The summed E-state index contributed by atoms with van der Waals surface area (Å²) < 4.78 is 4.95. The highest BCUT2D eigenvalue weighted by atomic mass is 16.5. The Balaban J connectivity index is 2.68. The van der Waals surface area contributed by atoms with Crippen LogP contribution in [-0.4, -0.2) is 18.4 Å². The van der Waals surface area contributed by atoms with Gasteiger partial charge < -0.3 is 4.74 Å². The second-order valence-corrected chi connectivity index (χ2v) is 4.60. The second-order valence-electron chi connectivity index (χ2n) is 4.60. The molecule has 0 spiro atoms. The normalized spacial score (nSPS) is 29.1. The van der Waals surface area contributed by atoms with E-state index in [1.165, 1.54) is 6.92 Å². The van der Waals surface area contributed by atoms with Crippen molar-refractivity contribution < 1.29 is 14.3 Å². The molecule has 0 bridgehead atoms. The van der Waals surface area contributed by atoms with Gasteiger partial charge in [-0.15, -0.1) is 6.58 Å². The Labute approximate surface area is 96.9 Å². The van der Waals surface area contributed by atoms with Gasteiger partial charge in [-0.05, 0) is 25.2 Å². The molecule has 1 rings (SSSR count). The minimum Gasteiger partial charge on any atom is -0.466 e. The first-order valence-corrected chi connectivity index (χ1v) is 5.80. The molecular weight excluding hydrogens is 204 g/mol. The van der Waals surface area contributed by atoms with Gasteiger partial charge in [0.25, 0.3) is 0 Å². The maximum Gasteiger partial charge on any atom is 0.302 e. The van der Waals surface area contributed by atoms with E-state index in [0.717, 1.165) is 6.42 Å². The Bertz CT molecular complexity index is 296. The highest BCUT2D eigenvalue weighted by Gasteiger charge is 2.46. The first kappa shape index (κ1) is 12.9. The van der Waals surface area contributed by atoms with E-state index < -0.39 is 0 Å². The van der Waals surface area contributed by atoms with E-state index in [1.54, 1.807) is 6.08 Å². The van der Waals surface area contributed by atoms with Crippen LogP contribution in [0.1, 0.15) is 39.5 Å². The average Bonchev–Trinajstić information content (AvgIpc) is 2.47. The molecule has 2 unspecified atom stereocenters. The van der Waals surface area contributed by atoms with Crippen molar-refractivity contribution >= 4 is 11.8 Å². The molecule has 3 heteroatoms. The molecule has 1 saturated carbocycles. The molecule has 2 atom stereocenters. The summed E-state index contributed by atoms with van der Waals surface area (Å²) in [5, 5.41) is 0. The number of ether oxygens (including phenoxy) is 1. The van der Waals surface area contributed by atoms with Crippen molar-refractivity contribution in [2.75, 3.05) is 6.61 Å². The lowest BCUT2D eigenvalue weighted by atomic mass is 9.73. The molecule has 3 nitrogen and oxygen atoms in total. The summed E-state index contributed by atoms with van der Waals surface area (Å²) in [5.41, 5.74) is -0.336. The zero-order valence-electron chi connectivity index (χ0n) is 10.1. The summed E-state index contributed by atoms with van der Waals surface area (Å²) in [7, 11) is 0. The Kier molecular flexibility index (Phi) is 4.27. The van der Waals surface area contributed by atoms with Crippen LogP contribution in [0.2, 0.25) is 0 Å². The fourth-order valence-electron chi connectivity index (χ4n) is 2.59. The number of rotatable bonds is 5. The number of hydrogen-bond acceptors (Lipinski definition) is 3. The van der Waals surface area contributed by atoms with Gasteiger partial charge in [-0.25, -0.2) is 0 Å². The van der Waals surface area contributed by atoms with Crippen LogP contribution in [0, 0.1) is 11.3 Å². The molecule has 1 aliphatic rings. The summed E-state index contributed by atoms with van der Waals surface area (Å²) in [5.74, 6) is 0.368. The lowest BCUT2D eigenvalue weighted by molar-refractivity contribution is -0.143. The Morgan fingerprint density at radius 1 is 1.69 bits per heavy atom. The second kappa shape index (κ2) is 5.28. The van der Waals surface area contributed by atoms with E-state index in [4.69, 9.17) is 4.74 Å². The maximum atomic E-state index is 12.0. The van der Waals surface area contributed by atoms with Crippen molar-refractivity contribution in [1.29, 1.82) is 0 Å². The van der Waals surface area contributed by atoms with Gasteiger partial charge in [0.15, 0.2) is 0 Å². The molecule has 0 amide bonds. The van der Waals surface area contributed by atoms with Crippen molar-refractivity contribution in [3.8, 4) is 0 Å². The van der Waals surface area contributed by atoms with Crippen molar-refractivity contribution in [2.24, 2.45) is 11.3 Å². The Morgan fingerprint density at radius 3 is 2.81 bits per heavy atom. The fraction of sp³-hybridized carbons (Fsp3) is 0.692. The van der Waals surface area contributed by atoms with Crippen molar-refractivity contribution in [3.05, 3.63) is 12.7 Å². The highest BCUT2D eigenvalue weighted by molar-refractivity contribution is 5.87. The molecule has 90 valence electrons. The zero-order valence-corrected chi connectivity index (χ0v) is 10.1. The summed E-state index contributed by atoms with van der Waals surface area (Å²) in [4.78, 5) is 22.7. The van der Waals surface area contributed by atoms with Crippen LogP contribution in [0.25, 0.3) is 0 Å². The van der Waals surface area contributed by atoms with Crippen molar-refractivity contribution in [2.45, 2.75) is 39.5 Å². The van der Waals surface area contributed by atoms with E-state index in [9.17, 15) is 9.59 Å². The van der Waals surface area contributed by atoms with Crippen molar-refractivity contribution in [1.82, 2.24) is 0 Å². The molecule has 0 aliphatic heterocycles. The smallest absolute Gasteiger partial charge is 0.302 e. The number of allylic oxidation sites excluding steroid dienone is 1. The van der Waals surface area contributed by atoms with Gasteiger partial charge in [-0.3, -0.25) is 9.59 Å². The predicted octanol–water partition coefficient (Wildman–Crippen LogP) is 2.50. The molecule has 0 aromatic rings. The van der Waals surface area contributed by atoms with Gasteiger partial charge >= 0.3 is 5.97 Å². The third kappa shape index (κ3) is 2.52. The topological polar surface area (TPSA) is 43.4 Å². The van der Waals surface area contributed by atoms with E-state index in [2.05, 4.69) is 13.5 Å². The summed E-state index contributed by atoms with van der Waals surface area (Å²) in [6.45, 7) is 7.54. The molecule has 16 heavy (non-hydrogen) atoms. The quantitative estimate of drug-likeness (QED) is 0.532. The number of esters is 1. The van der Waals surface area contributed by atoms with Gasteiger partial charge in [0, 0.05) is 18.8 Å². The summed E-state index contributed by atoms with van der Waals surface area (Å²) >= 11 is 0.